The van der Waals surface area contributed by atoms with Gasteiger partial charge in [0.1, 0.15) is 11.2 Å². The number of benzene rings is 4. The van der Waals surface area contributed by atoms with E-state index in [1.54, 1.807) is 77.9 Å². The maximum atomic E-state index is 13.4. The first kappa shape index (κ1) is 68.0. The molecule has 0 heterocycles. The number of ether oxygens (including phenoxy) is 6. The molecule has 24 heteroatoms. The van der Waals surface area contributed by atoms with E-state index >= 15 is 0 Å². The van der Waals surface area contributed by atoms with Crippen LogP contribution < -0.4 is 10.6 Å². The van der Waals surface area contributed by atoms with Gasteiger partial charge in [-0.25, -0.2) is 14.4 Å². The standard InChI is InChI=1S/C30H35F6NO5.C30H33F6NO5/c2*1-19(20-13-22(29(31,32)33)15-23(14-20)30(34,35)36)41-18-27(21-9-7-6-8-10-21)16-28(17-27,12-11-24(38)40-5)37-25(39)42-26(2,3)4/h6-10,13-15,19H,11-12,16-18H2,1-5H3,(H,37,39);6-15,19H,16-18H2,1-5H3,(H,37,39)/b;12-11-/t2*19-,27?,28?/m11/s1. The summed E-state index contributed by atoms with van der Waals surface area (Å²) in [4.78, 5) is 49.3. The lowest BCUT2D eigenvalue weighted by atomic mass is 9.53. The Kier molecular flexibility index (Phi) is 20.9. The number of amides is 2. The van der Waals surface area contributed by atoms with E-state index in [0.717, 1.165) is 17.2 Å². The monoisotopic (exact) mass is 1200 g/mol. The number of rotatable bonds is 17. The van der Waals surface area contributed by atoms with E-state index in [-0.39, 0.29) is 75.0 Å². The van der Waals surface area contributed by atoms with Crippen LogP contribution in [0.15, 0.2) is 109 Å². The van der Waals surface area contributed by atoms with E-state index < -0.39 is 116 Å². The zero-order valence-corrected chi connectivity index (χ0v) is 47.8. The smallest absolute Gasteiger partial charge is 0.416 e. The number of alkyl halides is 12. The van der Waals surface area contributed by atoms with Crippen LogP contribution in [0.25, 0.3) is 0 Å². The van der Waals surface area contributed by atoms with Gasteiger partial charge in [-0.1, -0.05) is 66.7 Å². The predicted octanol–water partition coefficient (Wildman–Crippen LogP) is 15.3. The predicted molar refractivity (Wildman–Crippen MR) is 283 cm³/mol. The SMILES string of the molecule is COC(=O)/C=C\C1(NC(=O)OC(C)(C)C)CC(CO[C@H](C)c2cc(C(F)(F)F)cc(C(F)(F)F)c2)(c2ccccc2)C1.COC(=O)CCC1(NC(=O)OC(C)(C)C)CC(CO[C@H](C)c2cc(C(F)(F)F)cc(C(F)(F)F)c2)(c2ccccc2)C1. The third-order valence-electron chi connectivity index (χ3n) is 14.1. The molecule has 0 aliphatic heterocycles. The molecular weight excluding hydrogens is 1140 g/mol. The van der Waals surface area contributed by atoms with Crippen LogP contribution in [0.2, 0.25) is 0 Å². The molecule has 2 aliphatic carbocycles. The second-order valence-corrected chi connectivity index (χ2v) is 23.2. The van der Waals surface area contributed by atoms with Gasteiger partial charge >= 0.3 is 48.8 Å². The molecule has 2 aliphatic rings. The van der Waals surface area contributed by atoms with Crippen LogP contribution >= 0.6 is 0 Å². The van der Waals surface area contributed by atoms with Crippen molar-refractivity contribution in [2.45, 2.75) is 164 Å². The van der Waals surface area contributed by atoms with Crippen molar-refractivity contribution in [1.29, 1.82) is 0 Å². The first-order valence-electron chi connectivity index (χ1n) is 26.3. The summed E-state index contributed by atoms with van der Waals surface area (Å²) in [6, 6.07) is 20.7. The molecule has 2 atom stereocenters. The lowest BCUT2D eigenvalue weighted by Gasteiger charge is -2.57. The average Bonchev–Trinajstić information content (AvgIpc) is 0.883. The topological polar surface area (TPSA) is 148 Å². The number of methoxy groups -OCH3 is 2. The maximum absolute atomic E-state index is 13.4. The third-order valence-corrected chi connectivity index (χ3v) is 14.1. The molecule has 4 aromatic rings. The Morgan fingerprint density at radius 1 is 0.524 bits per heavy atom. The number of hydrogen-bond acceptors (Lipinski definition) is 10. The molecule has 0 saturated heterocycles. The molecule has 6 rings (SSSR count). The molecule has 0 bridgehead atoms. The number of carbonyl (C=O) groups excluding carboxylic acids is 4. The molecule has 0 aromatic heterocycles. The molecule has 0 spiro atoms. The Balaban J connectivity index is 0.000000307. The number of alkyl carbamates (subject to hydrolysis) is 2. The van der Waals surface area contributed by atoms with Crippen molar-refractivity contribution in [2.75, 3.05) is 27.4 Å². The number of carbonyl (C=O) groups is 4. The zero-order chi connectivity index (χ0) is 63.1. The second-order valence-electron chi connectivity index (χ2n) is 23.2. The van der Waals surface area contributed by atoms with Crippen molar-refractivity contribution in [3.8, 4) is 0 Å². The van der Waals surface area contributed by atoms with Crippen LogP contribution in [0, 0.1) is 0 Å². The van der Waals surface area contributed by atoms with Crippen molar-refractivity contribution in [3.05, 3.63) is 154 Å². The van der Waals surface area contributed by atoms with E-state index in [1.165, 1.54) is 34.1 Å². The molecule has 0 unspecified atom stereocenters. The Hall–Kier alpha value is -6.82. The Bertz CT molecular complexity index is 2870. The summed E-state index contributed by atoms with van der Waals surface area (Å²) in [5.41, 5.74) is -9.88. The van der Waals surface area contributed by atoms with Gasteiger partial charge in [-0.2, -0.15) is 52.7 Å². The van der Waals surface area contributed by atoms with Crippen molar-refractivity contribution in [1.82, 2.24) is 10.6 Å². The summed E-state index contributed by atoms with van der Waals surface area (Å²) in [6.45, 7) is 12.7. The van der Waals surface area contributed by atoms with Gasteiger partial charge in [0.15, 0.2) is 0 Å². The van der Waals surface area contributed by atoms with Crippen molar-refractivity contribution < 1.29 is 100 Å². The fourth-order valence-electron chi connectivity index (χ4n) is 10.3. The molecule has 462 valence electrons. The van der Waals surface area contributed by atoms with Crippen LogP contribution in [0.5, 0.6) is 0 Å². The van der Waals surface area contributed by atoms with Gasteiger partial charge in [-0.05, 0) is 146 Å². The average molecular weight is 1210 g/mol. The van der Waals surface area contributed by atoms with Crippen LogP contribution in [0.4, 0.5) is 62.3 Å². The van der Waals surface area contributed by atoms with E-state index in [2.05, 4.69) is 15.4 Å². The van der Waals surface area contributed by atoms with Gasteiger partial charge in [0, 0.05) is 28.9 Å². The highest BCUT2D eigenvalue weighted by Gasteiger charge is 2.58. The highest BCUT2D eigenvalue weighted by Crippen LogP contribution is 2.55. The number of nitrogens with one attached hydrogen (secondary N) is 2. The Labute approximate surface area is 478 Å². The molecular formula is C60H68F12N2O10. The van der Waals surface area contributed by atoms with E-state index in [0.29, 0.717) is 24.3 Å². The zero-order valence-electron chi connectivity index (χ0n) is 47.8. The first-order valence-corrected chi connectivity index (χ1v) is 26.3. The molecule has 4 aromatic carbocycles. The summed E-state index contributed by atoms with van der Waals surface area (Å²) in [7, 11) is 2.45. The van der Waals surface area contributed by atoms with Gasteiger partial charge in [0.05, 0.1) is 67.4 Å². The fraction of sp³-hybridized carbons (Fsp3) is 0.500. The van der Waals surface area contributed by atoms with Gasteiger partial charge in [-0.3, -0.25) is 4.79 Å². The summed E-state index contributed by atoms with van der Waals surface area (Å²) in [6.07, 6.45) is -19.9. The van der Waals surface area contributed by atoms with E-state index in [9.17, 15) is 71.9 Å². The lowest BCUT2D eigenvalue weighted by Crippen LogP contribution is -2.65. The number of hydrogen-bond donors (Lipinski definition) is 2. The van der Waals surface area contributed by atoms with E-state index in [4.69, 9.17) is 23.7 Å². The molecule has 12 nitrogen and oxygen atoms in total. The van der Waals surface area contributed by atoms with Crippen LogP contribution in [0.3, 0.4) is 0 Å². The minimum absolute atomic E-state index is 0.00111. The molecule has 84 heavy (non-hydrogen) atoms. The van der Waals surface area contributed by atoms with Crippen molar-refractivity contribution in [2.24, 2.45) is 0 Å². The molecule has 2 saturated carbocycles. The minimum atomic E-state index is -4.99. The van der Waals surface area contributed by atoms with Gasteiger partial charge in [0.25, 0.3) is 0 Å². The van der Waals surface area contributed by atoms with Crippen LogP contribution in [-0.4, -0.2) is 73.8 Å². The quantitative estimate of drug-likeness (QED) is 0.0453. The summed E-state index contributed by atoms with van der Waals surface area (Å²) in [5, 5.41) is 5.68. The molecule has 2 fully saturated rings. The Morgan fingerprint density at radius 2 is 0.881 bits per heavy atom. The van der Waals surface area contributed by atoms with Crippen molar-refractivity contribution >= 4 is 24.1 Å². The first-order chi connectivity index (χ1) is 38.5. The van der Waals surface area contributed by atoms with Gasteiger partial charge in [-0.15, -0.1) is 0 Å². The highest BCUT2D eigenvalue weighted by atomic mass is 19.4. The van der Waals surface area contributed by atoms with Crippen LogP contribution in [0.1, 0.15) is 151 Å². The minimum Gasteiger partial charge on any atom is -0.469 e. The molecule has 2 amide bonds. The molecule has 0 radical (unpaired) electrons. The number of esters is 2. The Morgan fingerprint density at radius 3 is 1.21 bits per heavy atom. The van der Waals surface area contributed by atoms with Gasteiger partial charge < -0.3 is 39.1 Å². The summed E-state index contributed by atoms with van der Waals surface area (Å²) < 4.78 is 193. The van der Waals surface area contributed by atoms with E-state index in [1.807, 2.05) is 24.3 Å². The summed E-state index contributed by atoms with van der Waals surface area (Å²) in [5.74, 6) is -1.14. The lowest BCUT2D eigenvalue weighted by molar-refractivity contribution is -0.145. The highest BCUT2D eigenvalue weighted by molar-refractivity contribution is 5.82. The largest absolute Gasteiger partial charge is 0.469 e. The number of halogens is 12. The fourth-order valence-corrected chi connectivity index (χ4v) is 10.3. The summed E-state index contributed by atoms with van der Waals surface area (Å²) >= 11 is 0. The van der Waals surface area contributed by atoms with Crippen molar-refractivity contribution in [3.63, 3.8) is 0 Å². The van der Waals surface area contributed by atoms with Crippen LogP contribution in [-0.2, 0) is 73.5 Å². The third kappa shape index (κ3) is 18.6. The van der Waals surface area contributed by atoms with Gasteiger partial charge in [0.2, 0.25) is 0 Å². The maximum Gasteiger partial charge on any atom is 0.416 e. The normalized spacial score (nSPS) is 21.8. The second kappa shape index (κ2) is 25.8. The molecule has 2 N–H and O–H groups in total.